The van der Waals surface area contributed by atoms with Crippen LogP contribution in [0.15, 0.2) is 41.3 Å². The summed E-state index contributed by atoms with van der Waals surface area (Å²) in [5, 5.41) is 19.8. The van der Waals surface area contributed by atoms with Gasteiger partial charge in [0.2, 0.25) is 10.0 Å². The first-order chi connectivity index (χ1) is 14.2. The van der Waals surface area contributed by atoms with Crippen molar-refractivity contribution in [2.75, 3.05) is 26.2 Å². The molecule has 0 amide bonds. The van der Waals surface area contributed by atoms with Crippen molar-refractivity contribution >= 4 is 10.0 Å². The number of phenols is 2. The molecule has 2 heterocycles. The van der Waals surface area contributed by atoms with Gasteiger partial charge in [-0.25, -0.2) is 8.42 Å². The molecule has 7 heteroatoms. The van der Waals surface area contributed by atoms with Crippen LogP contribution in [0.4, 0.5) is 0 Å². The lowest BCUT2D eigenvalue weighted by atomic mass is 9.78. The van der Waals surface area contributed by atoms with Crippen molar-refractivity contribution in [3.63, 3.8) is 0 Å². The minimum atomic E-state index is -3.47. The number of nitrogens with zero attached hydrogens (tertiary/aromatic N) is 2. The lowest BCUT2D eigenvalue weighted by molar-refractivity contribution is 0.153. The van der Waals surface area contributed by atoms with E-state index in [9.17, 15) is 18.6 Å². The van der Waals surface area contributed by atoms with Crippen LogP contribution in [0.1, 0.15) is 36.0 Å². The molecule has 0 saturated carbocycles. The molecule has 2 saturated heterocycles. The fraction of sp³-hybridized carbons (Fsp3) is 0.478. The average Bonchev–Trinajstić information content (AvgIpc) is 3.09. The molecule has 2 aliphatic heterocycles. The summed E-state index contributed by atoms with van der Waals surface area (Å²) in [6, 6.07) is 10.6. The minimum Gasteiger partial charge on any atom is -0.504 e. The van der Waals surface area contributed by atoms with Crippen LogP contribution in [-0.4, -0.2) is 54.0 Å². The monoisotopic (exact) mass is 430 g/mol. The average molecular weight is 431 g/mol. The molecule has 0 aliphatic carbocycles. The highest BCUT2D eigenvalue weighted by atomic mass is 32.2. The Morgan fingerprint density at radius 2 is 1.70 bits per heavy atom. The molecule has 2 N–H and O–H groups in total. The van der Waals surface area contributed by atoms with Crippen LogP contribution < -0.4 is 0 Å². The number of hydrogen-bond acceptors (Lipinski definition) is 5. The smallest absolute Gasteiger partial charge is 0.243 e. The first-order valence-corrected chi connectivity index (χ1v) is 11.9. The van der Waals surface area contributed by atoms with Gasteiger partial charge in [-0.1, -0.05) is 24.3 Å². The molecular weight excluding hydrogens is 400 g/mol. The van der Waals surface area contributed by atoms with Gasteiger partial charge >= 0.3 is 0 Å². The molecule has 4 rings (SSSR count). The Balaban J connectivity index is 1.42. The van der Waals surface area contributed by atoms with E-state index in [0.29, 0.717) is 24.5 Å². The van der Waals surface area contributed by atoms with Crippen molar-refractivity contribution in [2.45, 2.75) is 44.6 Å². The summed E-state index contributed by atoms with van der Waals surface area (Å²) in [5.41, 5.74) is 2.59. The summed E-state index contributed by atoms with van der Waals surface area (Å²) in [6.45, 7) is 7.25. The predicted molar refractivity (Wildman–Crippen MR) is 116 cm³/mol. The van der Waals surface area contributed by atoms with Gasteiger partial charge in [0.25, 0.3) is 0 Å². The number of piperidine rings is 1. The third-order valence-corrected chi connectivity index (χ3v) is 8.79. The lowest BCUT2D eigenvalue weighted by Crippen LogP contribution is -2.44. The number of aryl methyl sites for hydroxylation is 2. The zero-order valence-corrected chi connectivity index (χ0v) is 18.5. The molecule has 2 aromatic rings. The standard InChI is InChI=1S/C23H30N2O4S/c1-17-6-7-18(2)21(14-17)30(28,29)25-12-9-23(10-13-25)8-11-24(16-23)15-19-4-3-5-20(26)22(19)27/h3-7,14,26-27H,8-13,15-16H2,1-2H3. The zero-order valence-electron chi connectivity index (χ0n) is 17.6. The second-order valence-electron chi connectivity index (χ2n) is 8.92. The van der Waals surface area contributed by atoms with E-state index in [1.807, 2.05) is 32.0 Å². The Labute approximate surface area is 178 Å². The number of para-hydroxylation sites is 1. The van der Waals surface area contributed by atoms with E-state index in [0.717, 1.165) is 49.0 Å². The Kier molecular flexibility index (Phi) is 5.55. The summed E-state index contributed by atoms with van der Waals surface area (Å²) in [5.74, 6) is -0.140. The van der Waals surface area contributed by atoms with Gasteiger partial charge in [0.05, 0.1) is 4.90 Å². The third kappa shape index (κ3) is 3.94. The van der Waals surface area contributed by atoms with Crippen molar-refractivity contribution < 1.29 is 18.6 Å². The van der Waals surface area contributed by atoms with E-state index in [2.05, 4.69) is 4.90 Å². The highest BCUT2D eigenvalue weighted by Crippen LogP contribution is 2.42. The van der Waals surface area contributed by atoms with Gasteiger partial charge in [0, 0.05) is 31.7 Å². The minimum absolute atomic E-state index is 0.0483. The van der Waals surface area contributed by atoms with E-state index in [1.165, 1.54) is 6.07 Å². The lowest BCUT2D eigenvalue weighted by Gasteiger charge is -2.39. The summed E-state index contributed by atoms with van der Waals surface area (Å²) in [6.07, 6.45) is 2.73. The molecule has 2 fully saturated rings. The quantitative estimate of drug-likeness (QED) is 0.727. The van der Waals surface area contributed by atoms with Crippen LogP contribution in [0.2, 0.25) is 0 Å². The Morgan fingerprint density at radius 3 is 2.43 bits per heavy atom. The number of phenolic OH excluding ortho intramolecular Hbond substituents is 2. The van der Waals surface area contributed by atoms with Gasteiger partial charge in [-0.05, 0) is 68.3 Å². The Morgan fingerprint density at radius 1 is 1.00 bits per heavy atom. The Hall–Kier alpha value is -2.09. The topological polar surface area (TPSA) is 81.1 Å². The molecule has 1 spiro atoms. The molecular formula is C23H30N2O4S. The number of rotatable bonds is 4. The second kappa shape index (κ2) is 7.87. The summed E-state index contributed by atoms with van der Waals surface area (Å²) >= 11 is 0. The number of sulfonamides is 1. The molecule has 2 aliphatic rings. The molecule has 0 bridgehead atoms. The SMILES string of the molecule is Cc1ccc(C)c(S(=O)(=O)N2CCC3(CCN(Cc4cccc(O)c4O)C3)CC2)c1. The number of likely N-dealkylation sites (tertiary alicyclic amines) is 1. The van der Waals surface area contributed by atoms with Crippen LogP contribution in [0.25, 0.3) is 0 Å². The molecule has 0 radical (unpaired) electrons. The van der Waals surface area contributed by atoms with Crippen molar-refractivity contribution in [3.05, 3.63) is 53.1 Å². The summed E-state index contributed by atoms with van der Waals surface area (Å²) in [4.78, 5) is 2.72. The summed E-state index contributed by atoms with van der Waals surface area (Å²) < 4.78 is 28.0. The van der Waals surface area contributed by atoms with Crippen LogP contribution in [0, 0.1) is 19.3 Å². The first-order valence-electron chi connectivity index (χ1n) is 10.5. The van der Waals surface area contributed by atoms with Gasteiger partial charge in [-0.3, -0.25) is 4.90 Å². The molecule has 0 atom stereocenters. The first kappa shape index (κ1) is 21.2. The molecule has 0 aromatic heterocycles. The molecule has 0 unspecified atom stereocenters. The van der Waals surface area contributed by atoms with Crippen LogP contribution in [0.5, 0.6) is 11.5 Å². The fourth-order valence-electron chi connectivity index (χ4n) is 4.84. The molecule has 6 nitrogen and oxygen atoms in total. The van der Waals surface area contributed by atoms with E-state index >= 15 is 0 Å². The number of aromatic hydroxyl groups is 2. The number of hydrogen-bond donors (Lipinski definition) is 2. The van der Waals surface area contributed by atoms with E-state index in [4.69, 9.17) is 0 Å². The van der Waals surface area contributed by atoms with Gasteiger partial charge in [0.15, 0.2) is 11.5 Å². The maximum absolute atomic E-state index is 13.2. The largest absolute Gasteiger partial charge is 0.504 e. The predicted octanol–water partition coefficient (Wildman–Crippen LogP) is 3.39. The normalized spacial score (nSPS) is 20.1. The number of benzene rings is 2. The van der Waals surface area contributed by atoms with Gasteiger partial charge in [0.1, 0.15) is 0 Å². The zero-order chi connectivity index (χ0) is 21.5. The van der Waals surface area contributed by atoms with Gasteiger partial charge in [-0.15, -0.1) is 0 Å². The maximum Gasteiger partial charge on any atom is 0.243 e. The summed E-state index contributed by atoms with van der Waals surface area (Å²) in [7, 11) is -3.47. The molecule has 162 valence electrons. The fourth-order valence-corrected chi connectivity index (χ4v) is 6.59. The van der Waals surface area contributed by atoms with Crippen LogP contribution in [-0.2, 0) is 16.6 Å². The van der Waals surface area contributed by atoms with Crippen LogP contribution in [0.3, 0.4) is 0 Å². The van der Waals surface area contributed by atoms with Gasteiger partial charge < -0.3 is 10.2 Å². The van der Waals surface area contributed by atoms with Crippen molar-refractivity contribution in [1.82, 2.24) is 9.21 Å². The van der Waals surface area contributed by atoms with E-state index in [1.54, 1.807) is 16.4 Å². The van der Waals surface area contributed by atoms with Crippen molar-refractivity contribution in [3.8, 4) is 11.5 Å². The molecule has 30 heavy (non-hydrogen) atoms. The molecule has 2 aromatic carbocycles. The van der Waals surface area contributed by atoms with E-state index < -0.39 is 10.0 Å². The third-order valence-electron chi connectivity index (χ3n) is 6.75. The van der Waals surface area contributed by atoms with Crippen molar-refractivity contribution in [1.29, 1.82) is 0 Å². The second-order valence-corrected chi connectivity index (χ2v) is 10.8. The highest BCUT2D eigenvalue weighted by Gasteiger charge is 2.43. The Bertz CT molecular complexity index is 1040. The van der Waals surface area contributed by atoms with Gasteiger partial charge in [-0.2, -0.15) is 4.31 Å². The van der Waals surface area contributed by atoms with E-state index in [-0.39, 0.29) is 16.9 Å². The maximum atomic E-state index is 13.2. The highest BCUT2D eigenvalue weighted by molar-refractivity contribution is 7.89. The van der Waals surface area contributed by atoms with Crippen molar-refractivity contribution in [2.24, 2.45) is 5.41 Å². The van der Waals surface area contributed by atoms with Crippen LogP contribution >= 0.6 is 0 Å².